The molecule has 1 amide bonds. The molecular weight excluding hydrogens is 406 g/mol. The molecule has 2 heterocycles. The summed E-state index contributed by atoms with van der Waals surface area (Å²) in [6, 6.07) is 6.36. The third-order valence-electron chi connectivity index (χ3n) is 7.23. The van der Waals surface area contributed by atoms with Gasteiger partial charge in [-0.15, -0.1) is 0 Å². The van der Waals surface area contributed by atoms with Crippen LogP contribution in [0.5, 0.6) is 5.75 Å². The first-order valence-corrected chi connectivity index (χ1v) is 12.1. The fourth-order valence-corrected chi connectivity index (χ4v) is 5.30. The maximum absolute atomic E-state index is 12.4. The van der Waals surface area contributed by atoms with Crippen LogP contribution in [0.3, 0.4) is 0 Å². The van der Waals surface area contributed by atoms with Crippen LogP contribution < -0.4 is 4.74 Å². The molecule has 176 valence electrons. The molecule has 1 saturated heterocycles. The number of aliphatic carboxylic acids is 1. The molecule has 4 rings (SSSR count). The number of likely N-dealkylation sites (tertiary alicyclic amines) is 1. The van der Waals surface area contributed by atoms with Crippen molar-refractivity contribution in [2.75, 3.05) is 13.1 Å². The lowest BCUT2D eigenvalue weighted by molar-refractivity contribution is -0.142. The monoisotopic (exact) mass is 443 g/mol. The van der Waals surface area contributed by atoms with Crippen molar-refractivity contribution in [3.63, 3.8) is 0 Å². The van der Waals surface area contributed by atoms with E-state index in [4.69, 9.17) is 9.47 Å². The van der Waals surface area contributed by atoms with Gasteiger partial charge in [0.1, 0.15) is 17.5 Å². The summed E-state index contributed by atoms with van der Waals surface area (Å²) in [6.07, 6.45) is 5.94. The Labute approximate surface area is 191 Å². The maximum Gasteiger partial charge on any atom is 0.410 e. The Kier molecular flexibility index (Phi) is 6.42. The minimum atomic E-state index is -0.727. The van der Waals surface area contributed by atoms with Gasteiger partial charge in [0.25, 0.3) is 0 Å². The van der Waals surface area contributed by atoms with E-state index in [2.05, 4.69) is 18.2 Å². The number of benzene rings is 1. The number of hydrogen-bond acceptors (Lipinski definition) is 4. The fraction of sp³-hybridized carbons (Fsp3) is 0.692. The van der Waals surface area contributed by atoms with Crippen molar-refractivity contribution in [1.29, 1.82) is 0 Å². The number of nitrogens with zero attached hydrogens (tertiary/aromatic N) is 1. The van der Waals surface area contributed by atoms with E-state index in [-0.39, 0.29) is 18.1 Å². The highest BCUT2D eigenvalue weighted by atomic mass is 16.6. The number of carbonyl (C=O) groups excluding carboxylic acids is 1. The lowest BCUT2D eigenvalue weighted by Gasteiger charge is -2.38. The normalized spacial score (nSPS) is 23.6. The number of amides is 1. The number of fused-ring (bicyclic) bond motifs is 1. The Bertz CT molecular complexity index is 848. The van der Waals surface area contributed by atoms with Gasteiger partial charge in [-0.2, -0.15) is 0 Å². The van der Waals surface area contributed by atoms with Crippen LogP contribution in [0.4, 0.5) is 4.79 Å². The zero-order valence-electron chi connectivity index (χ0n) is 19.8. The van der Waals surface area contributed by atoms with Gasteiger partial charge in [0.2, 0.25) is 0 Å². The number of carboxylic acid groups (broad SMARTS) is 1. The molecule has 3 unspecified atom stereocenters. The summed E-state index contributed by atoms with van der Waals surface area (Å²) in [7, 11) is 0. The van der Waals surface area contributed by atoms with Crippen LogP contribution in [0.2, 0.25) is 0 Å². The highest BCUT2D eigenvalue weighted by molar-refractivity contribution is 5.71. The van der Waals surface area contributed by atoms with Gasteiger partial charge in [-0.3, -0.25) is 4.79 Å². The van der Waals surface area contributed by atoms with Gasteiger partial charge in [0.15, 0.2) is 0 Å². The summed E-state index contributed by atoms with van der Waals surface area (Å²) in [6.45, 7) is 8.91. The van der Waals surface area contributed by atoms with E-state index in [1.807, 2.05) is 32.6 Å². The lowest BCUT2D eigenvalue weighted by Crippen LogP contribution is -2.45. The molecule has 1 aliphatic carbocycles. The van der Waals surface area contributed by atoms with E-state index in [0.29, 0.717) is 24.9 Å². The van der Waals surface area contributed by atoms with Crippen LogP contribution in [0.25, 0.3) is 0 Å². The first kappa shape index (κ1) is 22.9. The summed E-state index contributed by atoms with van der Waals surface area (Å²) in [5, 5.41) is 9.60. The Balaban J connectivity index is 1.40. The maximum atomic E-state index is 12.4. The van der Waals surface area contributed by atoms with E-state index in [0.717, 1.165) is 49.8 Å². The first-order chi connectivity index (χ1) is 15.1. The SMILES string of the molecule is CC(C(=O)O)C(c1ccc2c(c1)OC(C1CCN(C(=O)OC(C)(C)C)CC1)CC2)C1CC1. The highest BCUT2D eigenvalue weighted by Crippen LogP contribution is 2.48. The Morgan fingerprint density at radius 3 is 2.41 bits per heavy atom. The Hall–Kier alpha value is -2.24. The zero-order chi connectivity index (χ0) is 23.0. The zero-order valence-corrected chi connectivity index (χ0v) is 19.8. The Morgan fingerprint density at radius 1 is 1.12 bits per heavy atom. The molecule has 2 fully saturated rings. The van der Waals surface area contributed by atoms with E-state index in [1.54, 1.807) is 0 Å². The van der Waals surface area contributed by atoms with Crippen molar-refractivity contribution in [3.05, 3.63) is 29.3 Å². The van der Waals surface area contributed by atoms with Gasteiger partial charge in [0.05, 0.1) is 5.92 Å². The van der Waals surface area contributed by atoms with Crippen molar-refractivity contribution in [2.24, 2.45) is 17.8 Å². The molecule has 0 bridgehead atoms. The number of rotatable bonds is 5. The summed E-state index contributed by atoms with van der Waals surface area (Å²) < 4.78 is 12.0. The average Bonchev–Trinajstić information content (AvgIpc) is 3.57. The van der Waals surface area contributed by atoms with E-state index < -0.39 is 17.5 Å². The first-order valence-electron chi connectivity index (χ1n) is 12.1. The number of aryl methyl sites for hydroxylation is 1. The van der Waals surface area contributed by atoms with Crippen molar-refractivity contribution >= 4 is 12.1 Å². The van der Waals surface area contributed by atoms with Crippen LogP contribution in [0.15, 0.2) is 18.2 Å². The number of ether oxygens (including phenoxy) is 2. The van der Waals surface area contributed by atoms with Crippen LogP contribution >= 0.6 is 0 Å². The molecule has 1 aromatic rings. The van der Waals surface area contributed by atoms with E-state index in [9.17, 15) is 14.7 Å². The molecule has 6 heteroatoms. The van der Waals surface area contributed by atoms with E-state index >= 15 is 0 Å². The molecule has 0 aromatic heterocycles. The molecule has 1 N–H and O–H groups in total. The molecular formula is C26H37NO5. The average molecular weight is 444 g/mol. The van der Waals surface area contributed by atoms with Gasteiger partial charge >= 0.3 is 12.1 Å². The molecule has 1 saturated carbocycles. The summed E-state index contributed by atoms with van der Waals surface area (Å²) >= 11 is 0. The minimum Gasteiger partial charge on any atom is -0.490 e. The lowest BCUT2D eigenvalue weighted by atomic mass is 9.81. The van der Waals surface area contributed by atoms with Crippen molar-refractivity contribution < 1.29 is 24.2 Å². The largest absolute Gasteiger partial charge is 0.490 e. The number of hydrogen-bond donors (Lipinski definition) is 1. The molecule has 32 heavy (non-hydrogen) atoms. The van der Waals surface area contributed by atoms with Gasteiger partial charge < -0.3 is 19.5 Å². The standard InChI is InChI=1S/C26H37NO5/c1-16(24(28)29)23(19-6-7-19)20-8-5-17-9-10-21(31-22(17)15-20)18-11-13-27(14-12-18)25(30)32-26(2,3)4/h5,8,15-16,18-19,21,23H,6-7,9-14H2,1-4H3,(H,28,29). The van der Waals surface area contributed by atoms with Gasteiger partial charge in [-0.1, -0.05) is 19.1 Å². The highest BCUT2D eigenvalue weighted by Gasteiger charge is 2.39. The van der Waals surface area contributed by atoms with E-state index in [1.165, 1.54) is 5.56 Å². The van der Waals surface area contributed by atoms with Crippen LogP contribution in [-0.4, -0.2) is 46.9 Å². The minimum absolute atomic E-state index is 0.0545. The number of carboxylic acids is 1. The summed E-state index contributed by atoms with van der Waals surface area (Å²) in [5.74, 6) is 0.751. The molecule has 0 radical (unpaired) electrons. The molecule has 2 aliphatic heterocycles. The molecule has 3 aliphatic rings. The molecule has 3 atom stereocenters. The fourth-order valence-electron chi connectivity index (χ4n) is 5.30. The summed E-state index contributed by atoms with van der Waals surface area (Å²) in [5.41, 5.74) is 1.84. The second kappa shape index (κ2) is 8.95. The van der Waals surface area contributed by atoms with Gasteiger partial charge in [-0.25, -0.2) is 4.79 Å². The van der Waals surface area contributed by atoms with Crippen molar-refractivity contribution in [3.8, 4) is 5.75 Å². The quantitative estimate of drug-likeness (QED) is 0.673. The molecule has 6 nitrogen and oxygen atoms in total. The van der Waals surface area contributed by atoms with Gasteiger partial charge in [-0.05, 0) is 94.2 Å². The van der Waals surface area contributed by atoms with Crippen LogP contribution in [0, 0.1) is 17.8 Å². The molecule has 1 aromatic carbocycles. The summed E-state index contributed by atoms with van der Waals surface area (Å²) in [4.78, 5) is 25.8. The third-order valence-corrected chi connectivity index (χ3v) is 7.23. The number of carbonyl (C=O) groups is 2. The topological polar surface area (TPSA) is 76.1 Å². The van der Waals surface area contributed by atoms with Crippen molar-refractivity contribution in [1.82, 2.24) is 4.90 Å². The van der Waals surface area contributed by atoms with Gasteiger partial charge in [0, 0.05) is 13.1 Å². The van der Waals surface area contributed by atoms with Crippen LogP contribution in [0.1, 0.15) is 76.8 Å². The second-order valence-electron chi connectivity index (χ2n) is 10.9. The predicted octanol–water partition coefficient (Wildman–Crippen LogP) is 5.24. The smallest absolute Gasteiger partial charge is 0.410 e. The van der Waals surface area contributed by atoms with Crippen LogP contribution in [-0.2, 0) is 16.0 Å². The second-order valence-corrected chi connectivity index (χ2v) is 10.9. The molecule has 0 spiro atoms. The Morgan fingerprint density at radius 2 is 1.81 bits per heavy atom. The third kappa shape index (κ3) is 5.21. The predicted molar refractivity (Wildman–Crippen MR) is 122 cm³/mol. The van der Waals surface area contributed by atoms with Crippen molar-refractivity contribution in [2.45, 2.75) is 83.8 Å². The number of piperidine rings is 1.